The van der Waals surface area contributed by atoms with Crippen LogP contribution in [0.25, 0.3) is 0 Å². The van der Waals surface area contributed by atoms with Crippen molar-refractivity contribution in [2.45, 2.75) is 38.6 Å². The zero-order chi connectivity index (χ0) is 24.6. The molecule has 3 heterocycles. The minimum atomic E-state index is -0.452. The van der Waals surface area contributed by atoms with E-state index in [9.17, 15) is 9.59 Å². The molecule has 4 rings (SSSR count). The molecule has 180 valence electrons. The smallest absolute Gasteiger partial charge is 0.287 e. The Labute approximate surface area is 199 Å². The summed E-state index contributed by atoms with van der Waals surface area (Å²) in [7, 11) is 3.76. The van der Waals surface area contributed by atoms with Gasteiger partial charge in [0, 0.05) is 39.1 Å². The number of imidazole rings is 1. The fourth-order valence-corrected chi connectivity index (χ4v) is 2.92. The normalized spacial score (nSPS) is 10.8. The summed E-state index contributed by atoms with van der Waals surface area (Å²) in [5.74, 6) is -0.0425. The van der Waals surface area contributed by atoms with Gasteiger partial charge in [-0.3, -0.25) is 14.3 Å². The number of amides is 1. The second-order valence-electron chi connectivity index (χ2n) is 7.55. The Morgan fingerprint density at radius 2 is 1.85 bits per heavy atom. The lowest BCUT2D eigenvalue weighted by Crippen LogP contribution is -2.40. The molecule has 0 aliphatic heterocycles. The molecule has 9 heteroatoms. The van der Waals surface area contributed by atoms with Gasteiger partial charge in [0.15, 0.2) is 11.5 Å². The molecule has 4 aromatic rings. The summed E-state index contributed by atoms with van der Waals surface area (Å²) in [5, 5.41) is 9.89. The van der Waals surface area contributed by atoms with E-state index in [1.54, 1.807) is 41.7 Å². The van der Waals surface area contributed by atoms with Crippen LogP contribution in [0.2, 0.25) is 0 Å². The van der Waals surface area contributed by atoms with E-state index in [0.717, 1.165) is 12.0 Å². The number of hydrogen-bond donors (Lipinski definition) is 1. The van der Waals surface area contributed by atoms with Gasteiger partial charge in [-0.1, -0.05) is 48.9 Å². The Balaban J connectivity index is 0.000000274. The molecule has 1 amide bonds. The van der Waals surface area contributed by atoms with E-state index in [4.69, 9.17) is 4.42 Å². The first-order chi connectivity index (χ1) is 16.5. The average molecular weight is 465 g/mol. The minimum Gasteiger partial charge on any atom is -0.459 e. The van der Waals surface area contributed by atoms with Gasteiger partial charge in [0.1, 0.15) is 0 Å². The van der Waals surface area contributed by atoms with E-state index in [0.29, 0.717) is 19.3 Å². The van der Waals surface area contributed by atoms with Crippen molar-refractivity contribution in [3.63, 3.8) is 0 Å². The number of aryl methyl sites for hydroxylation is 3. The zero-order valence-corrected chi connectivity index (χ0v) is 19.9. The highest BCUT2D eigenvalue weighted by Gasteiger charge is 2.21. The third kappa shape index (κ3) is 10.1. The SMILES string of the molecule is CCC[C@H](NC(=O)c1ccco1)C(=O)CCc1ccccc1.Cn1ccnc1.Cn1ccnn1. The maximum absolute atomic E-state index is 12.4. The van der Waals surface area contributed by atoms with Crippen LogP contribution >= 0.6 is 0 Å². The van der Waals surface area contributed by atoms with Crippen molar-refractivity contribution in [3.05, 3.63) is 91.2 Å². The maximum Gasteiger partial charge on any atom is 0.287 e. The molecule has 1 aromatic carbocycles. The van der Waals surface area contributed by atoms with Crippen molar-refractivity contribution in [3.8, 4) is 0 Å². The van der Waals surface area contributed by atoms with Gasteiger partial charge in [-0.2, -0.15) is 0 Å². The molecule has 0 bridgehead atoms. The number of carbonyl (C=O) groups excluding carboxylic acids is 2. The summed E-state index contributed by atoms with van der Waals surface area (Å²) in [5.41, 5.74) is 1.13. The lowest BCUT2D eigenvalue weighted by Gasteiger charge is -2.16. The molecule has 0 aliphatic rings. The monoisotopic (exact) mass is 464 g/mol. The number of benzene rings is 1. The minimum absolute atomic E-state index is 0.0607. The van der Waals surface area contributed by atoms with Crippen LogP contribution in [0, 0.1) is 0 Å². The zero-order valence-electron chi connectivity index (χ0n) is 19.9. The van der Waals surface area contributed by atoms with Gasteiger partial charge in [-0.25, -0.2) is 4.98 Å². The van der Waals surface area contributed by atoms with Crippen LogP contribution in [-0.4, -0.2) is 42.3 Å². The van der Waals surface area contributed by atoms with Crippen molar-refractivity contribution in [2.75, 3.05) is 0 Å². The summed E-state index contributed by atoms with van der Waals surface area (Å²) in [6.45, 7) is 2.00. The summed E-state index contributed by atoms with van der Waals surface area (Å²) >= 11 is 0. The van der Waals surface area contributed by atoms with Crippen LogP contribution in [0.15, 0.2) is 84.3 Å². The van der Waals surface area contributed by atoms with Crippen LogP contribution in [0.4, 0.5) is 0 Å². The number of aromatic nitrogens is 5. The Morgan fingerprint density at radius 1 is 1.06 bits per heavy atom. The van der Waals surface area contributed by atoms with E-state index in [1.165, 1.54) is 6.26 Å². The van der Waals surface area contributed by atoms with Gasteiger partial charge >= 0.3 is 0 Å². The van der Waals surface area contributed by atoms with Gasteiger partial charge in [0.2, 0.25) is 0 Å². The van der Waals surface area contributed by atoms with Gasteiger partial charge in [-0.05, 0) is 30.5 Å². The van der Waals surface area contributed by atoms with Crippen LogP contribution in [0.5, 0.6) is 0 Å². The molecule has 0 radical (unpaired) electrons. The number of Topliss-reactive ketones (excluding diaryl/α,β-unsaturated/α-hetero) is 1. The van der Waals surface area contributed by atoms with Crippen molar-refractivity contribution in [2.24, 2.45) is 14.1 Å². The first-order valence-electron chi connectivity index (χ1n) is 11.1. The van der Waals surface area contributed by atoms with E-state index in [2.05, 4.69) is 20.6 Å². The molecule has 1 N–H and O–H groups in total. The Morgan fingerprint density at radius 3 is 2.32 bits per heavy atom. The van der Waals surface area contributed by atoms with Crippen LogP contribution in [0.3, 0.4) is 0 Å². The second kappa shape index (κ2) is 14.9. The third-order valence-electron chi connectivity index (χ3n) is 4.70. The quantitative estimate of drug-likeness (QED) is 0.427. The largest absolute Gasteiger partial charge is 0.459 e. The highest BCUT2D eigenvalue weighted by Crippen LogP contribution is 2.09. The first kappa shape index (κ1) is 26.2. The fourth-order valence-electron chi connectivity index (χ4n) is 2.92. The molecule has 34 heavy (non-hydrogen) atoms. The number of ketones is 1. The van der Waals surface area contributed by atoms with Crippen molar-refractivity contribution < 1.29 is 14.0 Å². The van der Waals surface area contributed by atoms with Gasteiger partial charge in [-0.15, -0.1) is 5.10 Å². The highest BCUT2D eigenvalue weighted by atomic mass is 16.3. The van der Waals surface area contributed by atoms with Gasteiger partial charge in [0.05, 0.1) is 24.8 Å². The molecular weight excluding hydrogens is 432 g/mol. The molecule has 1 atom stereocenters. The van der Waals surface area contributed by atoms with Gasteiger partial charge in [0.25, 0.3) is 5.91 Å². The third-order valence-corrected chi connectivity index (χ3v) is 4.70. The van der Waals surface area contributed by atoms with Crippen molar-refractivity contribution in [1.82, 2.24) is 29.9 Å². The number of nitrogens with one attached hydrogen (secondary N) is 1. The number of nitrogens with zero attached hydrogens (tertiary/aromatic N) is 5. The first-order valence-corrected chi connectivity index (χ1v) is 11.1. The van der Waals surface area contributed by atoms with Crippen molar-refractivity contribution >= 4 is 11.7 Å². The number of carbonyl (C=O) groups is 2. The average Bonchev–Trinajstić information content (AvgIpc) is 3.63. The summed E-state index contributed by atoms with van der Waals surface area (Å²) < 4.78 is 8.59. The van der Waals surface area contributed by atoms with Crippen molar-refractivity contribution in [1.29, 1.82) is 0 Å². The van der Waals surface area contributed by atoms with E-state index < -0.39 is 6.04 Å². The molecule has 0 aliphatic carbocycles. The second-order valence-corrected chi connectivity index (χ2v) is 7.55. The molecule has 0 spiro atoms. The van der Waals surface area contributed by atoms with Crippen LogP contribution < -0.4 is 5.32 Å². The molecule has 0 unspecified atom stereocenters. The summed E-state index contributed by atoms with van der Waals surface area (Å²) in [6, 6.07) is 12.7. The number of furan rings is 1. The maximum atomic E-state index is 12.4. The molecular formula is C25H32N6O3. The Hall–Kier alpha value is -4.01. The number of rotatable bonds is 8. The molecule has 9 nitrogen and oxygen atoms in total. The van der Waals surface area contributed by atoms with E-state index >= 15 is 0 Å². The Kier molecular flexibility index (Phi) is 11.5. The molecule has 0 saturated heterocycles. The predicted octanol–water partition coefficient (Wildman–Crippen LogP) is 3.62. The summed E-state index contributed by atoms with van der Waals surface area (Å²) in [4.78, 5) is 28.2. The number of hydrogen-bond acceptors (Lipinski definition) is 6. The lowest BCUT2D eigenvalue weighted by molar-refractivity contribution is -0.121. The highest BCUT2D eigenvalue weighted by molar-refractivity contribution is 5.96. The topological polar surface area (TPSA) is 108 Å². The van der Waals surface area contributed by atoms with E-state index in [1.807, 2.05) is 62.1 Å². The Bertz CT molecular complexity index is 1010. The summed E-state index contributed by atoms with van der Waals surface area (Å²) in [6.07, 6.45) is 12.8. The lowest BCUT2D eigenvalue weighted by atomic mass is 10.0. The predicted molar refractivity (Wildman–Crippen MR) is 129 cm³/mol. The molecule has 3 aromatic heterocycles. The van der Waals surface area contributed by atoms with Gasteiger partial charge < -0.3 is 14.3 Å². The standard InChI is InChI=1S/C18H21NO3.C4H6N2.C3H5N3/c1-2-7-15(19-18(21)17-10-6-13-22-17)16(20)12-11-14-8-4-3-5-9-14;1-6-3-2-5-4-6;1-6-3-2-4-5-6/h3-6,8-10,13,15H,2,7,11-12H2,1H3,(H,19,21);2-4H,1H3;2-3H,1H3/t15-;;/m0../s1. The molecule has 0 saturated carbocycles. The van der Waals surface area contributed by atoms with Crippen LogP contribution in [0.1, 0.15) is 42.3 Å². The fraction of sp³-hybridized carbons (Fsp3) is 0.320. The van der Waals surface area contributed by atoms with Crippen LogP contribution in [-0.2, 0) is 25.3 Å². The molecule has 0 fully saturated rings. The van der Waals surface area contributed by atoms with E-state index in [-0.39, 0.29) is 17.5 Å².